The number of ether oxygens (including phenoxy) is 15. The van der Waals surface area contributed by atoms with Crippen molar-refractivity contribution in [1.82, 2.24) is 35.8 Å². The van der Waals surface area contributed by atoms with Gasteiger partial charge in [-0.3, -0.25) is 19.2 Å². The number of piperidine rings is 1. The van der Waals surface area contributed by atoms with Crippen molar-refractivity contribution in [3.8, 4) is 34.5 Å². The Hall–Kier alpha value is -7.08. The van der Waals surface area contributed by atoms with E-state index in [4.69, 9.17) is 82.7 Å². The van der Waals surface area contributed by atoms with Crippen LogP contribution in [0.1, 0.15) is 106 Å². The first kappa shape index (κ1) is 80.6. The van der Waals surface area contributed by atoms with E-state index in [0.29, 0.717) is 201 Å². The quantitative estimate of drug-likeness (QED) is 0.0244. The Morgan fingerprint density at radius 3 is 1.78 bits per heavy atom. The summed E-state index contributed by atoms with van der Waals surface area (Å²) in [5, 5.41) is 16.7. The van der Waals surface area contributed by atoms with Gasteiger partial charge in [0.05, 0.1) is 146 Å². The standard InChI is InChI=1S/C69H104ClN7O20/c1-7-57(54-47-62(85-4)67(87-6)63(48-54)86-5)68(81)77-28-12-10-17-58(77)69(82)97-59(21-18-52-19-22-60(83-2)61(45-52)84-3)53-15-14-16-56(46-53)96-51-66(80)73-27-33-91-37-40-93-42-39-92-34-29-76-49-55(74-75-76)20-23-64(78)71-25-31-89-38-41-94-43-44-95-50-65(79)72-26-32-90-36-35-88-30-13-9-8-11-24-70/h14-16,19,22,45-49,57-59H,7-13,17-18,20-21,23-44,50-51H2,1-6H3,(H,71,78)(H,72,79)(H,73,80)/t57-,58-,59+/m0/s1. The molecule has 0 spiro atoms. The van der Waals surface area contributed by atoms with E-state index < -0.39 is 24.0 Å². The van der Waals surface area contributed by atoms with Gasteiger partial charge in [-0.05, 0) is 104 Å². The molecule has 0 aliphatic carbocycles. The number of alkyl halides is 1. The molecule has 28 heteroatoms. The van der Waals surface area contributed by atoms with E-state index in [1.54, 1.807) is 60.3 Å². The van der Waals surface area contributed by atoms with Crippen LogP contribution in [-0.2, 0) is 86.0 Å². The summed E-state index contributed by atoms with van der Waals surface area (Å²) in [5.74, 6) is 1.54. The lowest BCUT2D eigenvalue weighted by molar-refractivity contribution is -0.162. The molecule has 3 atom stereocenters. The highest BCUT2D eigenvalue weighted by Crippen LogP contribution is 2.42. The molecule has 1 aliphatic heterocycles. The van der Waals surface area contributed by atoms with Crippen LogP contribution in [0, 0.1) is 0 Å². The largest absolute Gasteiger partial charge is 0.493 e. The minimum absolute atomic E-state index is 0.0627. The number of unbranched alkanes of at least 4 members (excludes halogenated alkanes) is 3. The number of aromatic nitrogens is 3. The number of methoxy groups -OCH3 is 5. The van der Waals surface area contributed by atoms with Crippen LogP contribution in [0.5, 0.6) is 34.5 Å². The second-order valence-corrected chi connectivity index (χ2v) is 22.8. The molecule has 97 heavy (non-hydrogen) atoms. The maximum Gasteiger partial charge on any atom is 0.329 e. The molecular weight excluding hydrogens is 1280 g/mol. The summed E-state index contributed by atoms with van der Waals surface area (Å²) in [4.78, 5) is 67.9. The molecule has 0 radical (unpaired) electrons. The molecule has 4 amide bonds. The Morgan fingerprint density at radius 1 is 0.577 bits per heavy atom. The molecule has 1 aliphatic rings. The fraction of sp³-hybridized carbons (Fsp3) is 0.638. The second-order valence-electron chi connectivity index (χ2n) is 22.4. The van der Waals surface area contributed by atoms with Crippen molar-refractivity contribution in [2.45, 2.75) is 109 Å². The van der Waals surface area contributed by atoms with Crippen LogP contribution >= 0.6 is 11.6 Å². The zero-order valence-corrected chi connectivity index (χ0v) is 58.3. The number of hydrogen-bond acceptors (Lipinski definition) is 22. The van der Waals surface area contributed by atoms with Crippen LogP contribution in [-0.4, -0.2) is 235 Å². The first-order chi connectivity index (χ1) is 47.4. The third-order valence-corrected chi connectivity index (χ3v) is 15.8. The van der Waals surface area contributed by atoms with E-state index in [0.717, 1.165) is 44.1 Å². The molecular formula is C69H104ClN7O20. The number of carbonyl (C=O) groups is 5. The van der Waals surface area contributed by atoms with Crippen LogP contribution in [0.3, 0.4) is 0 Å². The van der Waals surface area contributed by atoms with Crippen molar-refractivity contribution in [2.24, 2.45) is 0 Å². The summed E-state index contributed by atoms with van der Waals surface area (Å²) in [7, 11) is 7.72. The van der Waals surface area contributed by atoms with Gasteiger partial charge in [-0.15, -0.1) is 16.7 Å². The number of hydrogen-bond donors (Lipinski definition) is 3. The normalized spacial score (nSPS) is 13.5. The monoisotopic (exact) mass is 1390 g/mol. The number of likely N-dealkylation sites (tertiary alicyclic amines) is 1. The van der Waals surface area contributed by atoms with E-state index >= 15 is 0 Å². The number of nitrogens with zero attached hydrogens (tertiary/aromatic N) is 4. The van der Waals surface area contributed by atoms with Gasteiger partial charge in [0, 0.05) is 57.7 Å². The van der Waals surface area contributed by atoms with Crippen LogP contribution in [0.25, 0.3) is 0 Å². The van der Waals surface area contributed by atoms with E-state index in [2.05, 4.69) is 26.3 Å². The van der Waals surface area contributed by atoms with Crippen molar-refractivity contribution in [1.29, 1.82) is 0 Å². The molecule has 4 aromatic rings. The van der Waals surface area contributed by atoms with Gasteiger partial charge >= 0.3 is 5.97 Å². The average Bonchev–Trinajstić information content (AvgIpc) is 1.12. The van der Waals surface area contributed by atoms with Gasteiger partial charge in [0.2, 0.25) is 23.5 Å². The lowest BCUT2D eigenvalue weighted by Gasteiger charge is -2.37. The van der Waals surface area contributed by atoms with Crippen LogP contribution in [0.15, 0.2) is 60.8 Å². The van der Waals surface area contributed by atoms with Gasteiger partial charge in [-0.25, -0.2) is 9.48 Å². The number of amides is 4. The first-order valence-electron chi connectivity index (χ1n) is 33.6. The molecule has 27 nitrogen and oxygen atoms in total. The van der Waals surface area contributed by atoms with Crippen molar-refractivity contribution in [2.75, 3.05) is 180 Å². The Bertz CT molecular complexity index is 2850. The number of aryl methyl sites for hydroxylation is 2. The molecule has 0 saturated carbocycles. The maximum absolute atomic E-state index is 14.6. The van der Waals surface area contributed by atoms with Crippen LogP contribution < -0.4 is 44.4 Å². The first-order valence-corrected chi connectivity index (χ1v) is 34.1. The Balaban J connectivity index is 0.893. The van der Waals surface area contributed by atoms with Crippen LogP contribution in [0.2, 0.25) is 0 Å². The van der Waals surface area contributed by atoms with Gasteiger partial charge in [-0.1, -0.05) is 43.2 Å². The van der Waals surface area contributed by atoms with Crippen molar-refractivity contribution >= 4 is 41.2 Å². The maximum atomic E-state index is 14.6. The molecule has 0 bridgehead atoms. The van der Waals surface area contributed by atoms with Gasteiger partial charge in [-0.2, -0.15) is 0 Å². The van der Waals surface area contributed by atoms with Crippen molar-refractivity contribution < 1.29 is 95.0 Å². The summed E-state index contributed by atoms with van der Waals surface area (Å²) in [6.07, 6.45) is 9.28. The average molecular weight is 1390 g/mol. The second kappa shape index (κ2) is 49.4. The number of halogens is 1. The zero-order chi connectivity index (χ0) is 69.5. The molecule has 0 unspecified atom stereocenters. The lowest BCUT2D eigenvalue weighted by atomic mass is 9.91. The van der Waals surface area contributed by atoms with Crippen molar-refractivity contribution in [3.05, 3.63) is 83.2 Å². The minimum Gasteiger partial charge on any atom is -0.493 e. The molecule has 1 fully saturated rings. The fourth-order valence-electron chi connectivity index (χ4n) is 10.4. The minimum atomic E-state index is -0.822. The molecule has 5 rings (SSSR count). The molecule has 1 aromatic heterocycles. The summed E-state index contributed by atoms with van der Waals surface area (Å²) >= 11 is 5.68. The number of nitrogens with one attached hydrogen (secondary N) is 3. The van der Waals surface area contributed by atoms with E-state index in [-0.39, 0.29) is 63.0 Å². The van der Waals surface area contributed by atoms with Gasteiger partial charge < -0.3 is 91.9 Å². The summed E-state index contributed by atoms with van der Waals surface area (Å²) in [6.45, 7) is 9.28. The molecule has 542 valence electrons. The number of carbonyl (C=O) groups excluding carboxylic acids is 5. The predicted molar refractivity (Wildman–Crippen MR) is 360 cm³/mol. The third kappa shape index (κ3) is 31.6. The zero-order valence-electron chi connectivity index (χ0n) is 57.6. The number of esters is 1. The smallest absolute Gasteiger partial charge is 0.329 e. The topological polar surface area (TPSA) is 294 Å². The fourth-order valence-corrected chi connectivity index (χ4v) is 10.5. The molecule has 3 N–H and O–H groups in total. The highest BCUT2D eigenvalue weighted by atomic mass is 35.5. The Morgan fingerprint density at radius 2 is 1.16 bits per heavy atom. The lowest BCUT2D eigenvalue weighted by Crippen LogP contribution is -2.50. The van der Waals surface area contributed by atoms with Gasteiger partial charge in [0.25, 0.3) is 5.91 Å². The van der Waals surface area contributed by atoms with E-state index in [1.807, 2.05) is 31.2 Å². The summed E-state index contributed by atoms with van der Waals surface area (Å²) < 4.78 is 86.1. The van der Waals surface area contributed by atoms with E-state index in [9.17, 15) is 24.0 Å². The van der Waals surface area contributed by atoms with Crippen molar-refractivity contribution in [3.63, 3.8) is 0 Å². The Kier molecular flexibility index (Phi) is 41.1. The highest BCUT2D eigenvalue weighted by molar-refractivity contribution is 6.17. The SMILES string of the molecule is CC[C@H](C(=O)N1CCCC[C@H]1C(=O)O[C@H](CCc1ccc(OC)c(OC)c1)c1cccc(OCC(=O)NCCOCCOCCOCCn2cc(CCC(=O)NCCOCCOCCOCC(=O)NCCOCCOCCCCCCCl)nn2)c1)c1cc(OC)c(OC)c(OC)c1. The number of benzene rings is 3. The predicted octanol–water partition coefficient (Wildman–Crippen LogP) is 6.41. The molecule has 1 saturated heterocycles. The molecule has 2 heterocycles. The van der Waals surface area contributed by atoms with Gasteiger partial charge in [0.1, 0.15) is 24.5 Å². The van der Waals surface area contributed by atoms with Gasteiger partial charge in [0.15, 0.2) is 29.6 Å². The Labute approximate surface area is 575 Å². The summed E-state index contributed by atoms with van der Waals surface area (Å²) in [5.41, 5.74) is 2.96. The molecule has 3 aromatic carbocycles. The third-order valence-electron chi connectivity index (χ3n) is 15.5. The number of rotatable bonds is 55. The van der Waals surface area contributed by atoms with E-state index in [1.165, 1.54) is 21.3 Å². The summed E-state index contributed by atoms with van der Waals surface area (Å²) in [6, 6.07) is 15.5. The highest BCUT2D eigenvalue weighted by Gasteiger charge is 2.38. The van der Waals surface area contributed by atoms with Crippen LogP contribution in [0.4, 0.5) is 0 Å².